The van der Waals surface area contributed by atoms with Crippen molar-refractivity contribution in [1.82, 2.24) is 0 Å². The average molecular weight is 312 g/mol. The largest absolute Gasteiger partial charge is 0.466 e. The quantitative estimate of drug-likeness (QED) is 0.250. The first-order chi connectivity index (χ1) is 11.3. The van der Waals surface area contributed by atoms with Crippen LogP contribution in [-0.2, 0) is 16.0 Å². The lowest BCUT2D eigenvalue weighted by molar-refractivity contribution is -0.134. The van der Waals surface area contributed by atoms with Crippen LogP contribution < -0.4 is 0 Å². The standard InChI is InChI=1S/C21H28O2/c1-3-4-6-12-19(15-9-10-18-21(22)23-2)16-11-17-20-13-7-5-8-14-20/h5,7-10,12-15,18H,3-4,6,11,16-17H2,1-2H3/b15-9+,18-10+,19-12+. The maximum Gasteiger partial charge on any atom is 0.330 e. The van der Waals surface area contributed by atoms with E-state index >= 15 is 0 Å². The van der Waals surface area contributed by atoms with E-state index in [2.05, 4.69) is 54.1 Å². The molecule has 23 heavy (non-hydrogen) atoms. The summed E-state index contributed by atoms with van der Waals surface area (Å²) in [5, 5.41) is 0. The second kappa shape index (κ2) is 12.5. The molecule has 2 heteroatoms. The van der Waals surface area contributed by atoms with Gasteiger partial charge in [0.25, 0.3) is 0 Å². The van der Waals surface area contributed by atoms with Gasteiger partial charge in [-0.05, 0) is 31.2 Å². The van der Waals surface area contributed by atoms with Crippen molar-refractivity contribution in [2.75, 3.05) is 7.11 Å². The molecule has 0 aliphatic heterocycles. The van der Waals surface area contributed by atoms with Gasteiger partial charge in [-0.1, -0.05) is 80.0 Å². The fourth-order valence-corrected chi connectivity index (χ4v) is 2.27. The van der Waals surface area contributed by atoms with Crippen molar-refractivity contribution in [3.63, 3.8) is 0 Å². The predicted molar refractivity (Wildman–Crippen MR) is 97.3 cm³/mol. The molecule has 124 valence electrons. The Labute approximate surface area is 140 Å². The second-order valence-corrected chi connectivity index (χ2v) is 5.50. The van der Waals surface area contributed by atoms with E-state index in [4.69, 9.17) is 0 Å². The summed E-state index contributed by atoms with van der Waals surface area (Å²) in [4.78, 5) is 11.0. The molecule has 0 aromatic heterocycles. The maximum absolute atomic E-state index is 11.0. The van der Waals surface area contributed by atoms with Crippen LogP contribution in [0.1, 0.15) is 44.6 Å². The Bertz CT molecular complexity index is 524. The Hall–Kier alpha value is -2.09. The highest BCUT2D eigenvalue weighted by Crippen LogP contribution is 2.13. The van der Waals surface area contributed by atoms with Crippen molar-refractivity contribution in [2.45, 2.75) is 45.4 Å². The zero-order chi connectivity index (χ0) is 16.8. The molecule has 0 saturated heterocycles. The summed E-state index contributed by atoms with van der Waals surface area (Å²) in [5.74, 6) is -0.324. The Morgan fingerprint density at radius 3 is 2.52 bits per heavy atom. The minimum absolute atomic E-state index is 0.324. The molecule has 0 radical (unpaired) electrons. The SMILES string of the molecule is CCCC\C=C(/C=C/C=C/C(=O)OC)CCCc1ccccc1. The fraction of sp³-hybridized carbons (Fsp3) is 0.381. The number of allylic oxidation sites excluding steroid dienone is 5. The highest BCUT2D eigenvalue weighted by molar-refractivity contribution is 5.82. The molecule has 0 bridgehead atoms. The first-order valence-electron chi connectivity index (χ1n) is 8.42. The van der Waals surface area contributed by atoms with Crippen LogP contribution in [0.5, 0.6) is 0 Å². The van der Waals surface area contributed by atoms with Gasteiger partial charge >= 0.3 is 5.97 Å². The lowest BCUT2D eigenvalue weighted by atomic mass is 10.0. The van der Waals surface area contributed by atoms with E-state index in [-0.39, 0.29) is 5.97 Å². The third-order valence-corrected chi connectivity index (χ3v) is 3.59. The topological polar surface area (TPSA) is 26.3 Å². The molecule has 0 unspecified atom stereocenters. The summed E-state index contributed by atoms with van der Waals surface area (Å²) >= 11 is 0. The summed E-state index contributed by atoms with van der Waals surface area (Å²) in [6.07, 6.45) is 16.3. The first-order valence-corrected chi connectivity index (χ1v) is 8.42. The number of rotatable bonds is 10. The minimum Gasteiger partial charge on any atom is -0.466 e. The summed E-state index contributed by atoms with van der Waals surface area (Å²) in [6.45, 7) is 2.21. The van der Waals surface area contributed by atoms with Gasteiger partial charge in [-0.2, -0.15) is 0 Å². The number of carbonyl (C=O) groups excluding carboxylic acids is 1. The smallest absolute Gasteiger partial charge is 0.330 e. The molecule has 0 N–H and O–H groups in total. The van der Waals surface area contributed by atoms with Crippen LogP contribution in [0.25, 0.3) is 0 Å². The van der Waals surface area contributed by atoms with Gasteiger partial charge in [0.2, 0.25) is 0 Å². The number of esters is 1. The number of ether oxygens (including phenoxy) is 1. The summed E-state index contributed by atoms with van der Waals surface area (Å²) < 4.78 is 4.58. The summed E-state index contributed by atoms with van der Waals surface area (Å²) in [5.41, 5.74) is 2.72. The van der Waals surface area contributed by atoms with E-state index in [1.165, 1.54) is 37.2 Å². The van der Waals surface area contributed by atoms with E-state index in [1.807, 2.05) is 6.08 Å². The van der Waals surface area contributed by atoms with Crippen molar-refractivity contribution in [1.29, 1.82) is 0 Å². The van der Waals surface area contributed by atoms with Gasteiger partial charge in [0.05, 0.1) is 7.11 Å². The summed E-state index contributed by atoms with van der Waals surface area (Å²) in [7, 11) is 1.38. The van der Waals surface area contributed by atoms with E-state index in [1.54, 1.807) is 6.08 Å². The van der Waals surface area contributed by atoms with Crippen LogP contribution in [-0.4, -0.2) is 13.1 Å². The highest BCUT2D eigenvalue weighted by Gasteiger charge is 1.96. The van der Waals surface area contributed by atoms with Gasteiger partial charge in [0.15, 0.2) is 0 Å². The van der Waals surface area contributed by atoms with E-state index < -0.39 is 0 Å². The molecule has 1 aromatic carbocycles. The molecular formula is C21H28O2. The van der Waals surface area contributed by atoms with Gasteiger partial charge in [-0.3, -0.25) is 0 Å². The number of hydrogen-bond donors (Lipinski definition) is 0. The molecule has 1 aromatic rings. The Morgan fingerprint density at radius 2 is 1.83 bits per heavy atom. The lowest BCUT2D eigenvalue weighted by Crippen LogP contribution is -1.92. The Balaban J connectivity index is 2.51. The van der Waals surface area contributed by atoms with E-state index in [0.717, 1.165) is 25.7 Å². The van der Waals surface area contributed by atoms with Gasteiger partial charge in [0.1, 0.15) is 0 Å². The third-order valence-electron chi connectivity index (χ3n) is 3.59. The van der Waals surface area contributed by atoms with Crippen molar-refractivity contribution in [2.24, 2.45) is 0 Å². The zero-order valence-corrected chi connectivity index (χ0v) is 14.3. The van der Waals surface area contributed by atoms with Crippen molar-refractivity contribution in [3.05, 3.63) is 71.8 Å². The zero-order valence-electron chi connectivity index (χ0n) is 14.3. The maximum atomic E-state index is 11.0. The van der Waals surface area contributed by atoms with Gasteiger partial charge in [-0.25, -0.2) is 4.79 Å². The van der Waals surface area contributed by atoms with Crippen molar-refractivity contribution >= 4 is 5.97 Å². The molecule has 0 aliphatic rings. The molecule has 0 heterocycles. The molecule has 1 rings (SSSR count). The van der Waals surface area contributed by atoms with Crippen molar-refractivity contribution < 1.29 is 9.53 Å². The Morgan fingerprint density at radius 1 is 1.09 bits per heavy atom. The third kappa shape index (κ3) is 9.51. The lowest BCUT2D eigenvalue weighted by Gasteiger charge is -2.04. The summed E-state index contributed by atoms with van der Waals surface area (Å²) in [6, 6.07) is 10.6. The van der Waals surface area contributed by atoms with Crippen LogP contribution in [0.2, 0.25) is 0 Å². The van der Waals surface area contributed by atoms with Crippen LogP contribution >= 0.6 is 0 Å². The number of aryl methyl sites for hydroxylation is 1. The van der Waals surface area contributed by atoms with E-state index in [0.29, 0.717) is 0 Å². The normalized spacial score (nSPS) is 12.2. The monoisotopic (exact) mass is 312 g/mol. The molecular weight excluding hydrogens is 284 g/mol. The number of hydrogen-bond acceptors (Lipinski definition) is 2. The van der Waals surface area contributed by atoms with Crippen LogP contribution in [0.3, 0.4) is 0 Å². The van der Waals surface area contributed by atoms with Gasteiger partial charge in [-0.15, -0.1) is 0 Å². The number of unbranched alkanes of at least 4 members (excludes halogenated alkanes) is 2. The fourth-order valence-electron chi connectivity index (χ4n) is 2.27. The molecule has 2 nitrogen and oxygen atoms in total. The van der Waals surface area contributed by atoms with E-state index in [9.17, 15) is 4.79 Å². The molecule has 0 spiro atoms. The van der Waals surface area contributed by atoms with Crippen molar-refractivity contribution in [3.8, 4) is 0 Å². The highest BCUT2D eigenvalue weighted by atomic mass is 16.5. The van der Waals surface area contributed by atoms with Crippen LogP contribution in [0.4, 0.5) is 0 Å². The molecule has 0 amide bonds. The minimum atomic E-state index is -0.324. The number of methoxy groups -OCH3 is 1. The second-order valence-electron chi connectivity index (χ2n) is 5.50. The molecule has 0 saturated carbocycles. The van der Waals surface area contributed by atoms with Gasteiger partial charge in [0, 0.05) is 6.08 Å². The predicted octanol–water partition coefficient (Wildman–Crippen LogP) is 5.41. The van der Waals surface area contributed by atoms with Crippen LogP contribution in [0, 0.1) is 0 Å². The average Bonchev–Trinajstić information content (AvgIpc) is 2.59. The van der Waals surface area contributed by atoms with Crippen LogP contribution in [0.15, 0.2) is 66.3 Å². The van der Waals surface area contributed by atoms with Gasteiger partial charge < -0.3 is 4.74 Å². The number of benzene rings is 1. The molecule has 0 atom stereocenters. The first kappa shape index (κ1) is 19.0. The number of carbonyl (C=O) groups is 1. The molecule has 0 aliphatic carbocycles. The molecule has 0 fully saturated rings. The Kier molecular flexibility index (Phi) is 10.3.